The van der Waals surface area contributed by atoms with Crippen LogP contribution in [0.15, 0.2) is 0 Å². The number of nitrogens with zero attached hydrogens (tertiary/aromatic N) is 2. The lowest BCUT2D eigenvalue weighted by Crippen LogP contribution is -2.59. The molecule has 0 aromatic carbocycles. The van der Waals surface area contributed by atoms with Crippen LogP contribution in [-0.2, 0) is 4.74 Å². The van der Waals surface area contributed by atoms with Crippen LogP contribution in [0.5, 0.6) is 0 Å². The van der Waals surface area contributed by atoms with Gasteiger partial charge in [0, 0.05) is 39.3 Å². The molecule has 1 fully saturated rings. The molecule has 0 bridgehead atoms. The third-order valence-corrected chi connectivity index (χ3v) is 4.02. The maximum atomic E-state index is 5.79. The molecule has 0 spiro atoms. The topological polar surface area (TPSA) is 41.7 Å². The van der Waals surface area contributed by atoms with Crippen molar-refractivity contribution in [3.05, 3.63) is 0 Å². The maximum Gasteiger partial charge on any atom is 0.0928 e. The Morgan fingerprint density at radius 2 is 1.88 bits per heavy atom. The van der Waals surface area contributed by atoms with Gasteiger partial charge in [-0.25, -0.2) is 0 Å². The molecule has 100 valence electrons. The second kappa shape index (κ2) is 6.64. The zero-order valence-electron chi connectivity index (χ0n) is 11.2. The summed E-state index contributed by atoms with van der Waals surface area (Å²) in [6.45, 7) is 13.1. The summed E-state index contributed by atoms with van der Waals surface area (Å²) in [6.07, 6.45) is 0. The van der Waals surface area contributed by atoms with Crippen LogP contribution in [0, 0.1) is 0 Å². The number of piperazine rings is 1. The lowest BCUT2D eigenvalue weighted by Gasteiger charge is -2.43. The van der Waals surface area contributed by atoms with Crippen LogP contribution in [0.3, 0.4) is 0 Å². The normalized spacial score (nSPS) is 19.5. The molecule has 0 amide bonds. The number of hydrogen-bond donors (Lipinski definition) is 1. The zero-order valence-corrected chi connectivity index (χ0v) is 12.1. The summed E-state index contributed by atoms with van der Waals surface area (Å²) in [5.74, 6) is 0. The molecule has 17 heavy (non-hydrogen) atoms. The molecular formula is C12H25N3OS. The maximum absolute atomic E-state index is 5.79. The van der Waals surface area contributed by atoms with Gasteiger partial charge in [-0.15, -0.1) is 0 Å². The first-order chi connectivity index (χ1) is 7.98. The predicted molar refractivity (Wildman–Crippen MR) is 75.4 cm³/mol. The Bertz CT molecular complexity index is 250. The average molecular weight is 259 g/mol. The summed E-state index contributed by atoms with van der Waals surface area (Å²) in [5, 5.41) is 0. The lowest BCUT2D eigenvalue weighted by atomic mass is 10.0. The monoisotopic (exact) mass is 259 g/mol. The predicted octanol–water partition coefficient (Wildman–Crippen LogP) is 0.705. The van der Waals surface area contributed by atoms with Gasteiger partial charge in [-0.2, -0.15) is 0 Å². The third-order valence-electron chi connectivity index (χ3n) is 3.52. The molecule has 1 saturated heterocycles. The van der Waals surface area contributed by atoms with Gasteiger partial charge in [0.05, 0.1) is 17.1 Å². The van der Waals surface area contributed by atoms with E-state index in [4.69, 9.17) is 22.7 Å². The number of thiocarbonyl (C=S) groups is 1. The van der Waals surface area contributed by atoms with Crippen LogP contribution < -0.4 is 5.73 Å². The van der Waals surface area contributed by atoms with E-state index in [-0.39, 0.29) is 5.54 Å². The molecule has 5 heteroatoms. The Morgan fingerprint density at radius 3 is 2.35 bits per heavy atom. The van der Waals surface area contributed by atoms with Crippen molar-refractivity contribution in [2.24, 2.45) is 5.73 Å². The van der Waals surface area contributed by atoms with Crippen molar-refractivity contribution in [1.29, 1.82) is 0 Å². The average Bonchev–Trinajstić information content (AvgIpc) is 2.30. The van der Waals surface area contributed by atoms with Gasteiger partial charge in [0.15, 0.2) is 0 Å². The minimum Gasteiger partial charge on any atom is -0.392 e. The van der Waals surface area contributed by atoms with Gasteiger partial charge in [-0.3, -0.25) is 9.80 Å². The molecule has 4 nitrogen and oxygen atoms in total. The molecule has 1 rings (SSSR count). The molecule has 2 N–H and O–H groups in total. The largest absolute Gasteiger partial charge is 0.392 e. The van der Waals surface area contributed by atoms with E-state index in [1.807, 2.05) is 6.92 Å². The van der Waals surface area contributed by atoms with Crippen molar-refractivity contribution in [2.75, 3.05) is 45.9 Å². The molecule has 0 aromatic rings. The highest BCUT2D eigenvalue weighted by molar-refractivity contribution is 7.80. The van der Waals surface area contributed by atoms with Gasteiger partial charge in [-0.1, -0.05) is 12.2 Å². The van der Waals surface area contributed by atoms with Gasteiger partial charge >= 0.3 is 0 Å². The van der Waals surface area contributed by atoms with Gasteiger partial charge in [0.2, 0.25) is 0 Å². The van der Waals surface area contributed by atoms with Gasteiger partial charge in [0.25, 0.3) is 0 Å². The molecular weight excluding hydrogens is 234 g/mol. The van der Waals surface area contributed by atoms with Crippen molar-refractivity contribution in [3.8, 4) is 0 Å². The first-order valence-corrected chi connectivity index (χ1v) is 6.74. The molecule has 0 aromatic heterocycles. The molecule has 0 atom stereocenters. The van der Waals surface area contributed by atoms with Crippen LogP contribution in [-0.4, -0.2) is 66.3 Å². The Balaban J connectivity index is 2.33. The van der Waals surface area contributed by atoms with Crippen LogP contribution >= 0.6 is 12.2 Å². The highest BCUT2D eigenvalue weighted by Gasteiger charge is 2.31. The molecule has 1 aliphatic heterocycles. The summed E-state index contributed by atoms with van der Waals surface area (Å²) >= 11 is 5.13. The number of hydrogen-bond acceptors (Lipinski definition) is 4. The second-order valence-electron chi connectivity index (χ2n) is 4.95. The molecule has 0 aliphatic carbocycles. The fourth-order valence-corrected chi connectivity index (χ4v) is 2.15. The summed E-state index contributed by atoms with van der Waals surface area (Å²) in [5.41, 5.74) is 5.62. The van der Waals surface area contributed by atoms with Crippen molar-refractivity contribution >= 4 is 17.2 Å². The van der Waals surface area contributed by atoms with Crippen LogP contribution in [0.25, 0.3) is 0 Å². The van der Waals surface area contributed by atoms with E-state index in [0.29, 0.717) is 4.99 Å². The van der Waals surface area contributed by atoms with E-state index in [0.717, 1.165) is 45.9 Å². The lowest BCUT2D eigenvalue weighted by molar-refractivity contribution is 0.0588. The Hall–Kier alpha value is -0.230. The summed E-state index contributed by atoms with van der Waals surface area (Å²) in [7, 11) is 0. The Labute approximate surface area is 110 Å². The third kappa shape index (κ3) is 4.17. The van der Waals surface area contributed by atoms with Gasteiger partial charge < -0.3 is 10.5 Å². The number of nitrogens with two attached hydrogens (primary N) is 1. The molecule has 0 unspecified atom stereocenters. The smallest absolute Gasteiger partial charge is 0.0928 e. The van der Waals surface area contributed by atoms with Crippen molar-refractivity contribution in [1.82, 2.24) is 9.80 Å². The van der Waals surface area contributed by atoms with E-state index in [1.54, 1.807) is 0 Å². The van der Waals surface area contributed by atoms with Gasteiger partial charge in [0.1, 0.15) is 0 Å². The van der Waals surface area contributed by atoms with E-state index in [2.05, 4.69) is 23.6 Å². The first kappa shape index (κ1) is 14.8. The zero-order chi connectivity index (χ0) is 12.9. The SMILES string of the molecule is CCOCCN1CCN(C(C)(C)C(N)=S)CC1. The molecule has 1 heterocycles. The summed E-state index contributed by atoms with van der Waals surface area (Å²) in [4.78, 5) is 5.38. The Morgan fingerprint density at radius 1 is 1.29 bits per heavy atom. The van der Waals surface area contributed by atoms with Gasteiger partial charge in [-0.05, 0) is 20.8 Å². The number of ether oxygens (including phenoxy) is 1. The van der Waals surface area contributed by atoms with Crippen LogP contribution in [0.2, 0.25) is 0 Å². The van der Waals surface area contributed by atoms with E-state index < -0.39 is 0 Å². The fourth-order valence-electron chi connectivity index (χ4n) is 2.02. The van der Waals surface area contributed by atoms with Crippen molar-refractivity contribution < 1.29 is 4.74 Å². The van der Waals surface area contributed by atoms with Crippen molar-refractivity contribution in [3.63, 3.8) is 0 Å². The van der Waals surface area contributed by atoms with Crippen molar-refractivity contribution in [2.45, 2.75) is 26.3 Å². The van der Waals surface area contributed by atoms with E-state index >= 15 is 0 Å². The van der Waals surface area contributed by atoms with E-state index in [9.17, 15) is 0 Å². The first-order valence-electron chi connectivity index (χ1n) is 6.33. The minimum atomic E-state index is -0.165. The quantitative estimate of drug-likeness (QED) is 0.562. The fraction of sp³-hybridized carbons (Fsp3) is 0.917. The summed E-state index contributed by atoms with van der Waals surface area (Å²) < 4.78 is 5.37. The summed E-state index contributed by atoms with van der Waals surface area (Å²) in [6, 6.07) is 0. The second-order valence-corrected chi connectivity index (χ2v) is 5.39. The van der Waals surface area contributed by atoms with Crippen LogP contribution in [0.4, 0.5) is 0 Å². The highest BCUT2D eigenvalue weighted by Crippen LogP contribution is 2.17. The number of rotatable bonds is 6. The molecule has 0 radical (unpaired) electrons. The standard InChI is InChI=1S/C12H25N3OS/c1-4-16-10-9-14-5-7-15(8-6-14)12(2,3)11(13)17/h4-10H2,1-3H3,(H2,13,17). The molecule has 1 aliphatic rings. The minimum absolute atomic E-state index is 0.165. The van der Waals surface area contributed by atoms with Crippen LogP contribution in [0.1, 0.15) is 20.8 Å². The highest BCUT2D eigenvalue weighted by atomic mass is 32.1. The Kier molecular flexibility index (Phi) is 5.79. The van der Waals surface area contributed by atoms with E-state index in [1.165, 1.54) is 0 Å². The molecule has 0 saturated carbocycles.